The average molecular weight is 169 g/mol. The molecule has 1 rings (SSSR count). The van der Waals surface area contributed by atoms with E-state index in [1.54, 1.807) is 6.92 Å². The Hall–Kier alpha value is -1.45. The second-order valence-corrected chi connectivity index (χ2v) is 2.36. The van der Waals surface area contributed by atoms with Gasteiger partial charge in [0.2, 0.25) is 0 Å². The van der Waals surface area contributed by atoms with Crippen LogP contribution in [0, 0.1) is 17.6 Å². The molecule has 0 amide bonds. The molecule has 0 atom stereocenters. The Labute approximate surface area is 69.1 Å². The third kappa shape index (κ3) is 1.42. The Balaban J connectivity index is 3.26. The van der Waals surface area contributed by atoms with Gasteiger partial charge >= 0.3 is 0 Å². The first-order chi connectivity index (χ1) is 5.69. The molecule has 1 aromatic carbocycles. The molecule has 3 nitrogen and oxygen atoms in total. The van der Waals surface area contributed by atoms with Crippen LogP contribution < -0.4 is 4.74 Å². The Bertz CT molecular complexity index is 312. The summed E-state index contributed by atoms with van der Waals surface area (Å²) in [4.78, 5) is 10.2. The summed E-state index contributed by atoms with van der Waals surface area (Å²) in [6.45, 7) is 1.61. The van der Waals surface area contributed by atoms with Crippen LogP contribution in [0.4, 0.5) is 10.1 Å². The van der Waals surface area contributed by atoms with E-state index in [1.807, 2.05) is 0 Å². The molecule has 0 unspecified atom stereocenters. The fourth-order valence-electron chi connectivity index (χ4n) is 0.897. The second kappa shape index (κ2) is 3.30. The number of rotatable bonds is 2. The van der Waals surface area contributed by atoms with Crippen molar-refractivity contribution in [2.24, 2.45) is 5.18 Å². The lowest BCUT2D eigenvalue weighted by molar-refractivity contribution is 0.386. The zero-order chi connectivity index (χ0) is 9.14. The molecular formula is C8H8FNO2. The maximum atomic E-state index is 12.9. The molecule has 0 aliphatic heterocycles. The number of benzene rings is 1. The SMILES string of the molecule is COc1cc(N=O)c(C)cc1F. The van der Waals surface area contributed by atoms with Crippen molar-refractivity contribution in [2.45, 2.75) is 6.92 Å². The summed E-state index contributed by atoms with van der Waals surface area (Å²) in [6, 6.07) is 2.49. The zero-order valence-corrected chi connectivity index (χ0v) is 6.80. The zero-order valence-electron chi connectivity index (χ0n) is 6.80. The van der Waals surface area contributed by atoms with Gasteiger partial charge in [0, 0.05) is 6.07 Å². The smallest absolute Gasteiger partial charge is 0.165 e. The fourth-order valence-corrected chi connectivity index (χ4v) is 0.897. The van der Waals surface area contributed by atoms with E-state index in [2.05, 4.69) is 9.91 Å². The number of hydrogen-bond acceptors (Lipinski definition) is 3. The number of aryl methyl sites for hydroxylation is 1. The van der Waals surface area contributed by atoms with Gasteiger partial charge in [0.25, 0.3) is 0 Å². The van der Waals surface area contributed by atoms with E-state index in [-0.39, 0.29) is 11.4 Å². The number of hydrogen-bond donors (Lipinski definition) is 0. The largest absolute Gasteiger partial charge is 0.494 e. The highest BCUT2D eigenvalue weighted by Gasteiger charge is 2.07. The van der Waals surface area contributed by atoms with Crippen LogP contribution in [0.25, 0.3) is 0 Å². The van der Waals surface area contributed by atoms with Crippen LogP contribution in [0.2, 0.25) is 0 Å². The van der Waals surface area contributed by atoms with Crippen molar-refractivity contribution in [2.75, 3.05) is 7.11 Å². The summed E-state index contributed by atoms with van der Waals surface area (Å²) >= 11 is 0. The average Bonchev–Trinajstić information content (AvgIpc) is 2.05. The maximum Gasteiger partial charge on any atom is 0.165 e. The van der Waals surface area contributed by atoms with Gasteiger partial charge in [-0.05, 0) is 23.7 Å². The normalized spacial score (nSPS) is 9.58. The van der Waals surface area contributed by atoms with Crippen molar-refractivity contribution in [3.63, 3.8) is 0 Å². The van der Waals surface area contributed by atoms with Crippen LogP contribution in [0.3, 0.4) is 0 Å². The summed E-state index contributed by atoms with van der Waals surface area (Å²) in [6.07, 6.45) is 0. The molecule has 64 valence electrons. The van der Waals surface area contributed by atoms with Crippen LogP contribution in [0.5, 0.6) is 5.75 Å². The van der Waals surface area contributed by atoms with E-state index >= 15 is 0 Å². The highest BCUT2D eigenvalue weighted by atomic mass is 19.1. The van der Waals surface area contributed by atoms with Crippen LogP contribution in [0.15, 0.2) is 17.3 Å². The summed E-state index contributed by atoms with van der Waals surface area (Å²) in [5.74, 6) is -0.447. The Morgan fingerprint density at radius 2 is 2.17 bits per heavy atom. The van der Waals surface area contributed by atoms with Gasteiger partial charge in [-0.25, -0.2) is 4.39 Å². The predicted octanol–water partition coefficient (Wildman–Crippen LogP) is 2.54. The molecule has 0 aliphatic carbocycles. The van der Waals surface area contributed by atoms with Gasteiger partial charge in [0.15, 0.2) is 11.6 Å². The summed E-state index contributed by atoms with van der Waals surface area (Å²) in [5.41, 5.74) is 0.705. The van der Waals surface area contributed by atoms with Gasteiger partial charge in [0.1, 0.15) is 5.69 Å². The predicted molar refractivity (Wildman–Crippen MR) is 43.1 cm³/mol. The number of nitroso groups, excluding NO2 is 1. The van der Waals surface area contributed by atoms with Crippen LogP contribution in [0.1, 0.15) is 5.56 Å². The van der Waals surface area contributed by atoms with Crippen molar-refractivity contribution in [1.29, 1.82) is 0 Å². The fraction of sp³-hybridized carbons (Fsp3) is 0.250. The minimum Gasteiger partial charge on any atom is -0.494 e. The van der Waals surface area contributed by atoms with Crippen molar-refractivity contribution in [1.82, 2.24) is 0 Å². The van der Waals surface area contributed by atoms with Crippen molar-refractivity contribution in [3.05, 3.63) is 28.4 Å². The Morgan fingerprint density at radius 3 is 2.67 bits per heavy atom. The van der Waals surface area contributed by atoms with Gasteiger partial charge in [-0.3, -0.25) is 0 Å². The van der Waals surface area contributed by atoms with Gasteiger partial charge in [-0.1, -0.05) is 0 Å². The van der Waals surface area contributed by atoms with E-state index in [4.69, 9.17) is 0 Å². The number of nitrogens with zero attached hydrogens (tertiary/aromatic N) is 1. The first-order valence-corrected chi connectivity index (χ1v) is 3.36. The molecule has 0 radical (unpaired) electrons. The number of ether oxygens (including phenoxy) is 1. The Kier molecular flexibility index (Phi) is 2.38. The molecule has 1 aromatic rings. The number of halogens is 1. The van der Waals surface area contributed by atoms with Gasteiger partial charge in [-0.15, -0.1) is 4.91 Å². The minimum atomic E-state index is -0.484. The summed E-state index contributed by atoms with van der Waals surface area (Å²) in [7, 11) is 1.34. The summed E-state index contributed by atoms with van der Waals surface area (Å²) in [5, 5.41) is 2.72. The second-order valence-electron chi connectivity index (χ2n) is 2.36. The molecule has 0 bridgehead atoms. The number of methoxy groups -OCH3 is 1. The third-order valence-corrected chi connectivity index (χ3v) is 1.57. The van der Waals surface area contributed by atoms with E-state index in [1.165, 1.54) is 19.2 Å². The monoisotopic (exact) mass is 169 g/mol. The molecule has 0 aromatic heterocycles. The minimum absolute atomic E-state index is 0.0372. The molecule has 0 N–H and O–H groups in total. The molecule has 0 heterocycles. The maximum absolute atomic E-state index is 12.9. The first kappa shape index (κ1) is 8.64. The van der Waals surface area contributed by atoms with Gasteiger partial charge in [0.05, 0.1) is 7.11 Å². The molecule has 4 heteroatoms. The van der Waals surface area contributed by atoms with E-state index in [9.17, 15) is 9.30 Å². The molecule has 0 spiro atoms. The topological polar surface area (TPSA) is 38.7 Å². The molecular weight excluding hydrogens is 161 g/mol. The lowest BCUT2D eigenvalue weighted by Gasteiger charge is -2.03. The molecule has 0 saturated heterocycles. The van der Waals surface area contributed by atoms with Gasteiger partial charge in [-0.2, -0.15) is 0 Å². The highest BCUT2D eigenvalue weighted by Crippen LogP contribution is 2.27. The van der Waals surface area contributed by atoms with E-state index in [0.29, 0.717) is 5.56 Å². The highest BCUT2D eigenvalue weighted by molar-refractivity contribution is 5.50. The molecule has 0 aliphatic rings. The first-order valence-electron chi connectivity index (χ1n) is 3.36. The van der Waals surface area contributed by atoms with Crippen molar-refractivity contribution in [3.8, 4) is 5.75 Å². The van der Waals surface area contributed by atoms with Crippen molar-refractivity contribution < 1.29 is 9.13 Å². The molecule has 12 heavy (non-hydrogen) atoms. The lowest BCUT2D eigenvalue weighted by atomic mass is 10.2. The Morgan fingerprint density at radius 1 is 1.50 bits per heavy atom. The standard InChI is InChI=1S/C8H8FNO2/c1-5-3-6(9)8(12-2)4-7(5)10-11/h3-4H,1-2H3. The van der Waals surface area contributed by atoms with E-state index in [0.717, 1.165) is 0 Å². The third-order valence-electron chi connectivity index (χ3n) is 1.57. The van der Waals surface area contributed by atoms with Crippen LogP contribution in [-0.4, -0.2) is 7.11 Å². The van der Waals surface area contributed by atoms with Crippen LogP contribution in [-0.2, 0) is 0 Å². The molecule has 0 saturated carbocycles. The molecule has 0 fully saturated rings. The van der Waals surface area contributed by atoms with Crippen LogP contribution >= 0.6 is 0 Å². The lowest BCUT2D eigenvalue weighted by Crippen LogP contribution is -1.88. The summed E-state index contributed by atoms with van der Waals surface area (Å²) < 4.78 is 17.6. The van der Waals surface area contributed by atoms with E-state index < -0.39 is 5.82 Å². The quantitative estimate of drug-likeness (QED) is 0.638. The van der Waals surface area contributed by atoms with Gasteiger partial charge < -0.3 is 4.74 Å². The van der Waals surface area contributed by atoms with Crippen molar-refractivity contribution >= 4 is 5.69 Å².